The SMILES string of the molecule is FCC([C@H]1CCN(c2nc3cccnc3o2)C1)n1cc(-c2ncnc3[nH]ccc23)cn1.O=C(O)C(F)(F)F.O=C(O)C(F)(F)F.O=C(O)C(F)(F)F. The zero-order chi connectivity index (χ0) is 39.0. The summed E-state index contributed by atoms with van der Waals surface area (Å²) in [6.45, 7) is 0.891. The largest absolute Gasteiger partial charge is 0.490 e. The van der Waals surface area contributed by atoms with Crippen molar-refractivity contribution >= 4 is 46.2 Å². The number of aromatic nitrogens is 7. The number of carbonyl (C=O) groups is 3. The summed E-state index contributed by atoms with van der Waals surface area (Å²) < 4.78 is 117. The molecule has 15 nitrogen and oxygen atoms in total. The van der Waals surface area contributed by atoms with Crippen LogP contribution in [0.2, 0.25) is 0 Å². The molecule has 1 aliphatic rings. The van der Waals surface area contributed by atoms with Gasteiger partial charge in [-0.05, 0) is 24.6 Å². The molecule has 25 heteroatoms. The van der Waals surface area contributed by atoms with Gasteiger partial charge in [0, 0.05) is 48.5 Å². The standard InChI is InChI=1S/C21H19FN8O.3C2HF3O2/c22-8-17(13-4-7-29(10-13)21-28-16-2-1-5-24-20(16)31-21)30-11-14(9-27-30)18-15-3-6-23-19(15)26-12-25-18;3*3-2(4,5)1(6)7/h1-3,5-6,9,11-13,17H,4,7-8,10H2,(H,23,25,26);3*(H,6,7)/t13-,17?;;;/m0.../s1. The summed E-state index contributed by atoms with van der Waals surface area (Å²) in [5, 5.41) is 26.8. The molecule has 1 aliphatic heterocycles. The van der Waals surface area contributed by atoms with Crippen LogP contribution in [0.1, 0.15) is 12.5 Å². The van der Waals surface area contributed by atoms with Crippen molar-refractivity contribution < 1.29 is 78.0 Å². The van der Waals surface area contributed by atoms with Crippen molar-refractivity contribution in [2.75, 3.05) is 24.7 Å². The third-order valence-corrected chi connectivity index (χ3v) is 6.65. The Morgan fingerprint density at radius 1 is 0.923 bits per heavy atom. The molecule has 0 aromatic carbocycles. The number of carboxylic acid groups (broad SMARTS) is 3. The summed E-state index contributed by atoms with van der Waals surface area (Å²) >= 11 is 0. The molecule has 0 spiro atoms. The molecule has 0 aliphatic carbocycles. The van der Waals surface area contributed by atoms with Gasteiger partial charge in [0.05, 0.1) is 17.9 Å². The maximum absolute atomic E-state index is 14.1. The second-order valence-corrected chi connectivity index (χ2v) is 10.1. The first-order valence-electron chi connectivity index (χ1n) is 13.9. The minimum atomic E-state index is -5.08. The van der Waals surface area contributed by atoms with Crippen LogP contribution in [-0.4, -0.2) is 106 Å². The highest BCUT2D eigenvalue weighted by Gasteiger charge is 2.39. The van der Waals surface area contributed by atoms with Crippen LogP contribution < -0.4 is 4.90 Å². The molecule has 4 N–H and O–H groups in total. The molecule has 1 saturated heterocycles. The van der Waals surface area contributed by atoms with E-state index in [-0.39, 0.29) is 12.0 Å². The number of anilines is 1. The molecule has 6 heterocycles. The molecule has 0 bridgehead atoms. The van der Waals surface area contributed by atoms with Gasteiger partial charge in [0.1, 0.15) is 24.2 Å². The molecule has 52 heavy (non-hydrogen) atoms. The van der Waals surface area contributed by atoms with Crippen molar-refractivity contribution in [1.29, 1.82) is 0 Å². The Balaban J connectivity index is 0.000000285. The lowest BCUT2D eigenvalue weighted by Gasteiger charge is -2.21. The number of nitrogens with one attached hydrogen (secondary N) is 1. The van der Waals surface area contributed by atoms with Crippen molar-refractivity contribution in [3.63, 3.8) is 0 Å². The molecule has 6 rings (SSSR count). The van der Waals surface area contributed by atoms with Crippen LogP contribution in [0.5, 0.6) is 0 Å². The molecule has 1 fully saturated rings. The summed E-state index contributed by atoms with van der Waals surface area (Å²) in [4.78, 5) is 49.2. The highest BCUT2D eigenvalue weighted by Crippen LogP contribution is 2.33. The van der Waals surface area contributed by atoms with Gasteiger partial charge in [0.2, 0.25) is 5.71 Å². The lowest BCUT2D eigenvalue weighted by molar-refractivity contribution is -0.193. The molecule has 0 radical (unpaired) electrons. The second-order valence-electron chi connectivity index (χ2n) is 10.1. The van der Waals surface area contributed by atoms with Crippen LogP contribution in [0.3, 0.4) is 0 Å². The molecular weight excluding hydrogens is 738 g/mol. The maximum Gasteiger partial charge on any atom is 0.490 e. The quantitative estimate of drug-likeness (QED) is 0.168. The number of hydrogen-bond donors (Lipinski definition) is 4. The predicted molar refractivity (Wildman–Crippen MR) is 153 cm³/mol. The molecule has 5 aromatic rings. The van der Waals surface area contributed by atoms with Crippen molar-refractivity contribution in [1.82, 2.24) is 34.7 Å². The van der Waals surface area contributed by atoms with Crippen molar-refractivity contribution in [3.8, 4) is 11.3 Å². The number of fused-ring (bicyclic) bond motifs is 2. The minimum Gasteiger partial charge on any atom is -0.475 e. The van der Waals surface area contributed by atoms with Gasteiger partial charge in [-0.15, -0.1) is 0 Å². The van der Waals surface area contributed by atoms with Crippen molar-refractivity contribution in [2.45, 2.75) is 31.0 Å². The first-order valence-corrected chi connectivity index (χ1v) is 13.9. The number of nitrogens with zero attached hydrogens (tertiary/aromatic N) is 7. The lowest BCUT2D eigenvalue weighted by atomic mass is 10.0. The van der Waals surface area contributed by atoms with Gasteiger partial charge < -0.3 is 29.6 Å². The highest BCUT2D eigenvalue weighted by molar-refractivity contribution is 5.90. The Hall–Kier alpha value is -6.04. The number of rotatable bonds is 5. The smallest absolute Gasteiger partial charge is 0.475 e. The summed E-state index contributed by atoms with van der Waals surface area (Å²) in [6, 6.07) is 5.79. The average Bonchev–Trinajstić information content (AvgIpc) is 3.87. The van der Waals surface area contributed by atoms with E-state index in [1.165, 1.54) is 6.33 Å². The van der Waals surface area contributed by atoms with E-state index in [0.29, 0.717) is 18.3 Å². The van der Waals surface area contributed by atoms with E-state index >= 15 is 0 Å². The normalized spacial score (nSPS) is 15.1. The van der Waals surface area contributed by atoms with E-state index in [9.17, 15) is 43.9 Å². The summed E-state index contributed by atoms with van der Waals surface area (Å²) in [7, 11) is 0. The highest BCUT2D eigenvalue weighted by atomic mass is 19.4. The summed E-state index contributed by atoms with van der Waals surface area (Å²) in [6.07, 6.45) is -5.81. The van der Waals surface area contributed by atoms with E-state index in [1.54, 1.807) is 17.1 Å². The minimum absolute atomic E-state index is 0.0819. The van der Waals surface area contributed by atoms with Crippen LogP contribution in [0.15, 0.2) is 53.7 Å². The molecule has 2 atom stereocenters. The number of carboxylic acids is 3. The van der Waals surface area contributed by atoms with E-state index < -0.39 is 43.1 Å². The molecule has 1 unspecified atom stereocenters. The second kappa shape index (κ2) is 16.3. The van der Waals surface area contributed by atoms with Crippen LogP contribution in [0.25, 0.3) is 33.5 Å². The number of hydrogen-bond acceptors (Lipinski definition) is 10. The Bertz CT molecular complexity index is 1880. The number of alkyl halides is 10. The number of pyridine rings is 1. The first kappa shape index (κ1) is 40.4. The van der Waals surface area contributed by atoms with E-state index in [0.717, 1.165) is 40.8 Å². The van der Waals surface area contributed by atoms with E-state index in [4.69, 9.17) is 34.1 Å². The number of H-pyrrole nitrogens is 1. The molecule has 5 aromatic heterocycles. The van der Waals surface area contributed by atoms with Crippen LogP contribution >= 0.6 is 0 Å². The van der Waals surface area contributed by atoms with Crippen molar-refractivity contribution in [3.05, 3.63) is 49.3 Å². The summed E-state index contributed by atoms with van der Waals surface area (Å²) in [5.74, 6) is -8.19. The molecule has 0 amide bonds. The fraction of sp³-hybridized carbons (Fsp3) is 0.333. The zero-order valence-corrected chi connectivity index (χ0v) is 25.5. The maximum atomic E-state index is 14.1. The Morgan fingerprint density at radius 2 is 1.52 bits per heavy atom. The predicted octanol–water partition coefficient (Wildman–Crippen LogP) is 5.29. The fourth-order valence-corrected chi connectivity index (χ4v) is 4.33. The number of aromatic amines is 1. The van der Waals surface area contributed by atoms with Crippen LogP contribution in [0.4, 0.5) is 49.9 Å². The number of halogens is 10. The molecule has 282 valence electrons. The van der Waals surface area contributed by atoms with E-state index in [1.807, 2.05) is 35.5 Å². The Labute approximate surface area is 281 Å². The average molecular weight is 761 g/mol. The Morgan fingerprint density at radius 3 is 2.06 bits per heavy atom. The lowest BCUT2D eigenvalue weighted by Crippen LogP contribution is -2.26. The molecular formula is C27H22F10N8O7. The number of oxazole rings is 1. The third kappa shape index (κ3) is 10.7. The van der Waals surface area contributed by atoms with Crippen molar-refractivity contribution in [2.24, 2.45) is 5.92 Å². The first-order chi connectivity index (χ1) is 24.1. The zero-order valence-electron chi connectivity index (χ0n) is 25.5. The van der Waals surface area contributed by atoms with Crippen LogP contribution in [0, 0.1) is 5.92 Å². The Kier molecular flexibility index (Phi) is 12.7. The van der Waals surface area contributed by atoms with E-state index in [2.05, 4.69) is 30.0 Å². The fourth-order valence-electron chi connectivity index (χ4n) is 4.33. The van der Waals surface area contributed by atoms with Gasteiger partial charge in [-0.2, -0.15) is 49.6 Å². The third-order valence-electron chi connectivity index (χ3n) is 6.65. The van der Waals surface area contributed by atoms with Gasteiger partial charge in [0.15, 0.2) is 0 Å². The summed E-state index contributed by atoms with van der Waals surface area (Å²) in [5.41, 5.74) is 3.62. The van der Waals surface area contributed by atoms with Gasteiger partial charge in [0.25, 0.3) is 6.01 Å². The van der Waals surface area contributed by atoms with Gasteiger partial charge in [-0.25, -0.2) is 33.7 Å². The molecule has 0 saturated carbocycles. The van der Waals surface area contributed by atoms with Gasteiger partial charge in [-0.3, -0.25) is 4.68 Å². The monoisotopic (exact) mass is 760 g/mol. The van der Waals surface area contributed by atoms with Gasteiger partial charge >= 0.3 is 36.4 Å². The van der Waals surface area contributed by atoms with Crippen LogP contribution in [-0.2, 0) is 14.4 Å². The number of aliphatic carboxylic acids is 3. The topological polar surface area (TPSA) is 213 Å². The van der Waals surface area contributed by atoms with Gasteiger partial charge in [-0.1, -0.05) is 0 Å².